The van der Waals surface area contributed by atoms with Crippen molar-refractivity contribution in [3.63, 3.8) is 0 Å². The molecule has 1 atom stereocenters. The smallest absolute Gasteiger partial charge is 0.279 e. The van der Waals surface area contributed by atoms with Crippen LogP contribution in [0.3, 0.4) is 0 Å². The Bertz CT molecular complexity index is 1220. The number of carbonyl (C=O) groups is 2. The molecule has 0 aliphatic carbocycles. The number of benzene rings is 4. The van der Waals surface area contributed by atoms with Crippen LogP contribution in [0.25, 0.3) is 22.3 Å². The first kappa shape index (κ1) is 22.8. The van der Waals surface area contributed by atoms with Gasteiger partial charge in [0.15, 0.2) is 6.10 Å². The van der Waals surface area contributed by atoms with Crippen molar-refractivity contribution in [2.75, 3.05) is 0 Å². The molecule has 0 heterocycles. The van der Waals surface area contributed by atoms with Crippen molar-refractivity contribution in [1.82, 2.24) is 10.9 Å². The van der Waals surface area contributed by atoms with Crippen LogP contribution >= 0.6 is 0 Å². The first-order chi connectivity index (χ1) is 16.6. The first-order valence-corrected chi connectivity index (χ1v) is 11.2. The van der Waals surface area contributed by atoms with Gasteiger partial charge in [0.1, 0.15) is 5.75 Å². The molecule has 5 nitrogen and oxygen atoms in total. The fourth-order valence-electron chi connectivity index (χ4n) is 3.56. The summed E-state index contributed by atoms with van der Waals surface area (Å²) < 4.78 is 5.86. The SMILES string of the molecule is CCC(Oc1ccc(-c2ccccc2)cc1)C(=O)NNC(=O)c1ccc(-c2ccccc2)cc1. The number of ether oxygens (including phenoxy) is 1. The maximum Gasteiger partial charge on any atom is 0.279 e. The zero-order valence-electron chi connectivity index (χ0n) is 18.9. The average molecular weight is 451 g/mol. The molecule has 4 aromatic carbocycles. The molecule has 0 fully saturated rings. The van der Waals surface area contributed by atoms with Crippen LogP contribution in [0.4, 0.5) is 0 Å². The van der Waals surface area contributed by atoms with E-state index in [9.17, 15) is 9.59 Å². The highest BCUT2D eigenvalue weighted by Crippen LogP contribution is 2.23. The number of hydrogen-bond donors (Lipinski definition) is 2. The van der Waals surface area contributed by atoms with E-state index in [0.717, 1.165) is 22.3 Å². The lowest BCUT2D eigenvalue weighted by atomic mass is 10.0. The molecule has 5 heteroatoms. The van der Waals surface area contributed by atoms with Gasteiger partial charge < -0.3 is 4.74 Å². The molecule has 0 aliphatic heterocycles. The Morgan fingerprint density at radius 3 is 1.62 bits per heavy atom. The van der Waals surface area contributed by atoms with Crippen molar-refractivity contribution in [3.8, 4) is 28.0 Å². The summed E-state index contributed by atoms with van der Waals surface area (Å²) in [6, 6.07) is 34.7. The van der Waals surface area contributed by atoms with E-state index < -0.39 is 17.9 Å². The summed E-state index contributed by atoms with van der Waals surface area (Å²) in [5, 5.41) is 0. The molecule has 34 heavy (non-hydrogen) atoms. The topological polar surface area (TPSA) is 67.4 Å². The van der Waals surface area contributed by atoms with Gasteiger partial charge in [-0.25, -0.2) is 0 Å². The van der Waals surface area contributed by atoms with Crippen molar-refractivity contribution in [2.45, 2.75) is 19.4 Å². The largest absolute Gasteiger partial charge is 0.481 e. The van der Waals surface area contributed by atoms with E-state index in [-0.39, 0.29) is 0 Å². The minimum Gasteiger partial charge on any atom is -0.481 e. The van der Waals surface area contributed by atoms with Gasteiger partial charge in [-0.3, -0.25) is 20.4 Å². The molecule has 0 radical (unpaired) electrons. The Balaban J connectivity index is 1.32. The second-order valence-electron chi connectivity index (χ2n) is 7.79. The van der Waals surface area contributed by atoms with Gasteiger partial charge in [0.05, 0.1) is 0 Å². The predicted octanol–water partition coefficient (Wildman–Crippen LogP) is 5.64. The van der Waals surface area contributed by atoms with E-state index in [0.29, 0.717) is 17.7 Å². The summed E-state index contributed by atoms with van der Waals surface area (Å²) in [4.78, 5) is 25.1. The van der Waals surface area contributed by atoms with Crippen LogP contribution in [-0.4, -0.2) is 17.9 Å². The van der Waals surface area contributed by atoms with E-state index in [1.165, 1.54) is 0 Å². The Morgan fingerprint density at radius 1 is 0.647 bits per heavy atom. The summed E-state index contributed by atoms with van der Waals surface area (Å²) in [5.74, 6) is -0.219. The van der Waals surface area contributed by atoms with Crippen molar-refractivity contribution in [2.24, 2.45) is 0 Å². The normalized spacial score (nSPS) is 11.3. The number of hydrazine groups is 1. The Kier molecular flexibility index (Phi) is 7.35. The molecule has 0 spiro atoms. The van der Waals surface area contributed by atoms with Crippen LogP contribution in [0.2, 0.25) is 0 Å². The predicted molar refractivity (Wildman–Crippen MR) is 134 cm³/mol. The summed E-state index contributed by atoms with van der Waals surface area (Å²) in [6.07, 6.45) is -0.281. The molecule has 0 bridgehead atoms. The van der Waals surface area contributed by atoms with Crippen LogP contribution in [-0.2, 0) is 4.79 Å². The minimum absolute atomic E-state index is 0.393. The summed E-state index contributed by atoms with van der Waals surface area (Å²) in [6.45, 7) is 1.85. The van der Waals surface area contributed by atoms with Gasteiger partial charge in [0.25, 0.3) is 11.8 Å². The van der Waals surface area contributed by atoms with E-state index >= 15 is 0 Å². The van der Waals surface area contributed by atoms with E-state index in [1.54, 1.807) is 12.1 Å². The maximum absolute atomic E-state index is 12.6. The van der Waals surface area contributed by atoms with Crippen LogP contribution in [0, 0.1) is 0 Å². The monoisotopic (exact) mass is 450 g/mol. The van der Waals surface area contributed by atoms with Gasteiger partial charge in [-0.05, 0) is 52.9 Å². The zero-order valence-corrected chi connectivity index (χ0v) is 18.9. The molecule has 0 saturated carbocycles. The van der Waals surface area contributed by atoms with Crippen molar-refractivity contribution >= 4 is 11.8 Å². The lowest BCUT2D eigenvalue weighted by Gasteiger charge is -2.18. The molecule has 0 aliphatic rings. The van der Waals surface area contributed by atoms with Gasteiger partial charge in [0, 0.05) is 5.56 Å². The first-order valence-electron chi connectivity index (χ1n) is 11.2. The standard InChI is InChI=1S/C29H26N2O3/c1-2-27(34-26-19-17-24(18-20-26)22-11-7-4-8-12-22)29(33)31-30-28(32)25-15-13-23(14-16-25)21-9-5-3-6-10-21/h3-20,27H,2H2,1H3,(H,30,32)(H,31,33). The molecular formula is C29H26N2O3. The molecule has 170 valence electrons. The quantitative estimate of drug-likeness (QED) is 0.358. The number of rotatable bonds is 7. The second kappa shape index (κ2) is 11.0. The molecular weight excluding hydrogens is 424 g/mol. The van der Waals surface area contributed by atoms with Crippen molar-refractivity contribution < 1.29 is 14.3 Å². The molecule has 0 aromatic heterocycles. The van der Waals surface area contributed by atoms with Crippen LogP contribution in [0.1, 0.15) is 23.7 Å². The fraction of sp³-hybridized carbons (Fsp3) is 0.103. The van der Waals surface area contributed by atoms with Crippen LogP contribution in [0.5, 0.6) is 5.75 Å². The van der Waals surface area contributed by atoms with Gasteiger partial charge in [0.2, 0.25) is 0 Å². The highest BCUT2D eigenvalue weighted by atomic mass is 16.5. The number of carbonyl (C=O) groups excluding carboxylic acids is 2. The van der Waals surface area contributed by atoms with E-state index in [4.69, 9.17) is 4.74 Å². The third-order valence-corrected chi connectivity index (χ3v) is 5.46. The third-order valence-electron chi connectivity index (χ3n) is 5.46. The third kappa shape index (κ3) is 5.70. The highest BCUT2D eigenvalue weighted by molar-refractivity contribution is 5.96. The minimum atomic E-state index is -0.733. The summed E-state index contributed by atoms with van der Waals surface area (Å²) in [7, 11) is 0. The van der Waals surface area contributed by atoms with Gasteiger partial charge >= 0.3 is 0 Å². The van der Waals surface area contributed by atoms with Gasteiger partial charge in [-0.1, -0.05) is 91.9 Å². The van der Waals surface area contributed by atoms with Crippen LogP contribution in [0.15, 0.2) is 109 Å². The maximum atomic E-state index is 12.6. The van der Waals surface area contributed by atoms with Crippen molar-refractivity contribution in [1.29, 1.82) is 0 Å². The molecule has 2 amide bonds. The Morgan fingerprint density at radius 2 is 1.12 bits per heavy atom. The Hall–Kier alpha value is -4.38. The van der Waals surface area contributed by atoms with Gasteiger partial charge in [-0.15, -0.1) is 0 Å². The van der Waals surface area contributed by atoms with E-state index in [2.05, 4.69) is 10.9 Å². The summed E-state index contributed by atoms with van der Waals surface area (Å²) >= 11 is 0. The highest BCUT2D eigenvalue weighted by Gasteiger charge is 2.19. The Labute approximate surface area is 199 Å². The van der Waals surface area contributed by atoms with Gasteiger partial charge in [-0.2, -0.15) is 0 Å². The van der Waals surface area contributed by atoms with Crippen molar-refractivity contribution in [3.05, 3.63) is 115 Å². The lowest BCUT2D eigenvalue weighted by molar-refractivity contribution is -0.128. The number of nitrogens with one attached hydrogen (secondary N) is 2. The zero-order chi connectivity index (χ0) is 23.8. The molecule has 0 saturated heterocycles. The number of amides is 2. The second-order valence-corrected chi connectivity index (χ2v) is 7.79. The van der Waals surface area contributed by atoms with Crippen LogP contribution < -0.4 is 15.6 Å². The average Bonchev–Trinajstić information content (AvgIpc) is 2.91. The molecule has 4 aromatic rings. The molecule has 4 rings (SSSR count). The fourth-order valence-corrected chi connectivity index (χ4v) is 3.56. The molecule has 1 unspecified atom stereocenters. The van der Waals surface area contributed by atoms with E-state index in [1.807, 2.05) is 104 Å². The lowest BCUT2D eigenvalue weighted by Crippen LogP contribution is -2.47. The number of hydrogen-bond acceptors (Lipinski definition) is 3. The molecule has 2 N–H and O–H groups in total. The summed E-state index contributed by atoms with van der Waals surface area (Å²) in [5.41, 5.74) is 9.65.